The molecule has 1 aliphatic heterocycles. The fourth-order valence-electron chi connectivity index (χ4n) is 3.39. The third-order valence-corrected chi connectivity index (χ3v) is 4.83. The van der Waals surface area contributed by atoms with Crippen LogP contribution in [0.1, 0.15) is 26.7 Å². The van der Waals surface area contributed by atoms with E-state index in [1.807, 2.05) is 11.8 Å². The van der Waals surface area contributed by atoms with Gasteiger partial charge in [0.25, 0.3) is 0 Å². The third kappa shape index (κ3) is 4.94. The minimum absolute atomic E-state index is 0.113. The van der Waals surface area contributed by atoms with Crippen LogP contribution in [0.15, 0.2) is 30.6 Å². The molecular weight excluding hydrogens is 390 g/mol. The average Bonchev–Trinajstić information content (AvgIpc) is 2.75. The second kappa shape index (κ2) is 9.86. The number of nitrogens with one attached hydrogen (secondary N) is 1. The summed E-state index contributed by atoms with van der Waals surface area (Å²) in [7, 11) is 0. The maximum atomic E-state index is 11.9. The van der Waals surface area contributed by atoms with E-state index in [0.29, 0.717) is 50.6 Å². The van der Waals surface area contributed by atoms with Gasteiger partial charge >= 0.3 is 11.7 Å². The Morgan fingerprint density at radius 1 is 1.20 bits per heavy atom. The van der Waals surface area contributed by atoms with Crippen LogP contribution in [0, 0.1) is 16.0 Å². The highest BCUT2D eigenvalue weighted by Crippen LogP contribution is 2.35. The largest absolute Gasteiger partial charge is 0.494 e. The van der Waals surface area contributed by atoms with E-state index < -0.39 is 4.92 Å². The Morgan fingerprint density at radius 3 is 2.50 bits per heavy atom. The standard InChI is InChI=1S/C20H25N5O5/c1-3-29-16-7-5-15(6-8-16)23-18-17(25(27)28)19(22-13-21-18)24-11-9-14(10-12-24)20(26)30-4-2/h5-8,13-14H,3-4,9-12H2,1-2H3,(H,21,22,23). The van der Waals surface area contributed by atoms with Crippen molar-refractivity contribution in [2.45, 2.75) is 26.7 Å². The third-order valence-electron chi connectivity index (χ3n) is 4.83. The zero-order valence-electron chi connectivity index (χ0n) is 17.0. The van der Waals surface area contributed by atoms with Crippen LogP contribution in [-0.4, -0.2) is 47.2 Å². The fraction of sp³-hybridized carbons (Fsp3) is 0.450. The van der Waals surface area contributed by atoms with E-state index in [4.69, 9.17) is 9.47 Å². The molecule has 30 heavy (non-hydrogen) atoms. The number of aromatic nitrogens is 2. The van der Waals surface area contributed by atoms with Crippen molar-refractivity contribution in [3.63, 3.8) is 0 Å². The molecule has 1 saturated heterocycles. The molecule has 2 aromatic rings. The van der Waals surface area contributed by atoms with Crippen molar-refractivity contribution < 1.29 is 19.2 Å². The predicted octanol–water partition coefficient (Wildman–Crippen LogP) is 3.31. The first kappa shape index (κ1) is 21.3. The topological polar surface area (TPSA) is 120 Å². The summed E-state index contributed by atoms with van der Waals surface area (Å²) in [6.07, 6.45) is 2.42. The smallest absolute Gasteiger partial charge is 0.353 e. The van der Waals surface area contributed by atoms with E-state index in [0.717, 1.165) is 0 Å². The molecule has 160 valence electrons. The fourth-order valence-corrected chi connectivity index (χ4v) is 3.39. The van der Waals surface area contributed by atoms with Gasteiger partial charge in [0.15, 0.2) is 0 Å². The lowest BCUT2D eigenvalue weighted by atomic mass is 9.97. The van der Waals surface area contributed by atoms with Gasteiger partial charge in [-0.2, -0.15) is 0 Å². The SMILES string of the molecule is CCOC(=O)C1CCN(c2ncnc(Nc3ccc(OCC)cc3)c2[N+](=O)[O-])CC1. The maximum absolute atomic E-state index is 11.9. The maximum Gasteiger partial charge on any atom is 0.353 e. The molecule has 0 aliphatic carbocycles. The summed E-state index contributed by atoms with van der Waals surface area (Å²) < 4.78 is 10.5. The van der Waals surface area contributed by atoms with Gasteiger partial charge in [0.1, 0.15) is 12.1 Å². The number of hydrogen-bond acceptors (Lipinski definition) is 9. The van der Waals surface area contributed by atoms with Crippen LogP contribution in [0.25, 0.3) is 0 Å². The highest BCUT2D eigenvalue weighted by molar-refractivity contribution is 5.76. The highest BCUT2D eigenvalue weighted by atomic mass is 16.6. The number of nitro groups is 1. The number of benzene rings is 1. The Kier molecular flexibility index (Phi) is 6.99. The monoisotopic (exact) mass is 415 g/mol. The van der Waals surface area contributed by atoms with Gasteiger partial charge in [-0.3, -0.25) is 14.9 Å². The molecule has 0 bridgehead atoms. The van der Waals surface area contributed by atoms with Gasteiger partial charge in [-0.15, -0.1) is 0 Å². The summed E-state index contributed by atoms with van der Waals surface area (Å²) >= 11 is 0. The average molecular weight is 415 g/mol. The number of esters is 1. The van der Waals surface area contributed by atoms with Gasteiger partial charge in [-0.1, -0.05) is 0 Å². The minimum atomic E-state index is -0.482. The Hall–Kier alpha value is -3.43. The Balaban J connectivity index is 1.78. The Bertz CT molecular complexity index is 882. The number of carbonyl (C=O) groups excluding carboxylic acids is 1. The van der Waals surface area contributed by atoms with Crippen LogP contribution in [0.5, 0.6) is 5.75 Å². The highest BCUT2D eigenvalue weighted by Gasteiger charge is 2.32. The molecule has 2 heterocycles. The molecule has 0 atom stereocenters. The quantitative estimate of drug-likeness (QED) is 0.393. The van der Waals surface area contributed by atoms with Gasteiger partial charge in [0.2, 0.25) is 11.6 Å². The molecule has 0 amide bonds. The van der Waals surface area contributed by atoms with Gasteiger partial charge in [-0.25, -0.2) is 9.97 Å². The Morgan fingerprint density at radius 2 is 1.90 bits per heavy atom. The molecule has 1 aromatic heterocycles. The Labute approximate surface area is 174 Å². The number of ether oxygens (including phenoxy) is 2. The van der Waals surface area contributed by atoms with Crippen LogP contribution in [0.4, 0.5) is 23.0 Å². The van der Waals surface area contributed by atoms with Crippen LogP contribution >= 0.6 is 0 Å². The van der Waals surface area contributed by atoms with E-state index in [-0.39, 0.29) is 29.2 Å². The molecule has 1 aromatic carbocycles. The molecule has 10 nitrogen and oxygen atoms in total. The van der Waals surface area contributed by atoms with E-state index in [2.05, 4.69) is 15.3 Å². The first-order valence-electron chi connectivity index (χ1n) is 9.94. The lowest BCUT2D eigenvalue weighted by Gasteiger charge is -2.31. The zero-order valence-corrected chi connectivity index (χ0v) is 17.0. The van der Waals surface area contributed by atoms with Crippen molar-refractivity contribution in [3.05, 3.63) is 40.7 Å². The number of piperidine rings is 1. The molecule has 1 fully saturated rings. The van der Waals surface area contributed by atoms with Crippen LogP contribution in [0.2, 0.25) is 0 Å². The van der Waals surface area contributed by atoms with Crippen molar-refractivity contribution in [1.82, 2.24) is 9.97 Å². The second-order valence-electron chi connectivity index (χ2n) is 6.75. The zero-order chi connectivity index (χ0) is 21.5. The predicted molar refractivity (Wildman–Crippen MR) is 111 cm³/mol. The van der Waals surface area contributed by atoms with Gasteiger partial charge in [-0.05, 0) is 51.0 Å². The molecule has 1 aliphatic rings. The van der Waals surface area contributed by atoms with Crippen LogP contribution in [-0.2, 0) is 9.53 Å². The molecule has 0 saturated carbocycles. The van der Waals surface area contributed by atoms with E-state index in [1.165, 1.54) is 6.33 Å². The van der Waals surface area contributed by atoms with E-state index in [9.17, 15) is 14.9 Å². The summed E-state index contributed by atoms with van der Waals surface area (Å²) in [6.45, 7) is 5.52. The molecule has 1 N–H and O–H groups in total. The molecule has 0 spiro atoms. The van der Waals surface area contributed by atoms with Crippen molar-refractivity contribution in [2.24, 2.45) is 5.92 Å². The molecular formula is C20H25N5O5. The molecule has 0 radical (unpaired) electrons. The molecule has 10 heteroatoms. The summed E-state index contributed by atoms with van der Waals surface area (Å²) in [5, 5.41) is 14.8. The number of nitrogens with zero attached hydrogens (tertiary/aromatic N) is 4. The number of rotatable bonds is 8. The van der Waals surface area contributed by atoms with Crippen molar-refractivity contribution in [1.29, 1.82) is 0 Å². The summed E-state index contributed by atoms with van der Waals surface area (Å²) in [6, 6.07) is 7.09. The van der Waals surface area contributed by atoms with Crippen molar-refractivity contribution >= 4 is 29.0 Å². The van der Waals surface area contributed by atoms with Crippen molar-refractivity contribution in [2.75, 3.05) is 36.5 Å². The van der Waals surface area contributed by atoms with Gasteiger partial charge < -0.3 is 19.7 Å². The van der Waals surface area contributed by atoms with E-state index in [1.54, 1.807) is 31.2 Å². The minimum Gasteiger partial charge on any atom is -0.494 e. The second-order valence-corrected chi connectivity index (χ2v) is 6.75. The first-order valence-corrected chi connectivity index (χ1v) is 9.94. The summed E-state index contributed by atoms with van der Waals surface area (Å²) in [5.41, 5.74) is 0.452. The lowest BCUT2D eigenvalue weighted by Crippen LogP contribution is -2.37. The first-order chi connectivity index (χ1) is 14.5. The number of anilines is 3. The molecule has 0 unspecified atom stereocenters. The van der Waals surface area contributed by atoms with Gasteiger partial charge in [0.05, 0.1) is 24.1 Å². The number of hydrogen-bond donors (Lipinski definition) is 1. The summed E-state index contributed by atoms with van der Waals surface area (Å²) in [4.78, 5) is 33.4. The summed E-state index contributed by atoms with van der Waals surface area (Å²) in [5.74, 6) is 0.661. The van der Waals surface area contributed by atoms with Crippen molar-refractivity contribution in [3.8, 4) is 5.75 Å². The van der Waals surface area contributed by atoms with Crippen LogP contribution in [0.3, 0.4) is 0 Å². The lowest BCUT2D eigenvalue weighted by molar-refractivity contribution is -0.383. The molecule has 3 rings (SSSR count). The van der Waals surface area contributed by atoms with Crippen LogP contribution < -0.4 is 15.0 Å². The van der Waals surface area contributed by atoms with E-state index >= 15 is 0 Å². The van der Waals surface area contributed by atoms with Gasteiger partial charge in [0, 0.05) is 18.8 Å². The normalized spacial score (nSPS) is 14.3. The number of carbonyl (C=O) groups is 1.